The van der Waals surface area contributed by atoms with Gasteiger partial charge in [-0.3, -0.25) is 9.10 Å². The molecule has 0 fully saturated rings. The number of anilines is 1. The second-order valence-corrected chi connectivity index (χ2v) is 11.7. The van der Waals surface area contributed by atoms with Gasteiger partial charge in [0, 0.05) is 28.4 Å². The van der Waals surface area contributed by atoms with Gasteiger partial charge in [0.05, 0.1) is 24.8 Å². The van der Waals surface area contributed by atoms with Crippen LogP contribution in [0.4, 0.5) is 5.69 Å². The van der Waals surface area contributed by atoms with Gasteiger partial charge >= 0.3 is 0 Å². The third-order valence-electron chi connectivity index (χ3n) is 5.35. The molecule has 198 valence electrons. The third-order valence-corrected chi connectivity index (χ3v) is 8.83. The summed E-state index contributed by atoms with van der Waals surface area (Å²) in [7, 11) is -1.23. The van der Waals surface area contributed by atoms with Crippen molar-refractivity contribution in [2.75, 3.05) is 37.4 Å². The Bertz CT molecular complexity index is 1300. The SMILES string of the molecule is COc1ccc(S(=O)(=O)N(CC(=O)NCCCSCc2ccccc2Cl)c2ccc(Cl)cc2)cc1OC. The van der Waals surface area contributed by atoms with Crippen LogP contribution in [0.5, 0.6) is 11.5 Å². The van der Waals surface area contributed by atoms with Crippen molar-refractivity contribution in [2.45, 2.75) is 17.1 Å². The molecule has 0 aliphatic heterocycles. The summed E-state index contributed by atoms with van der Waals surface area (Å²) in [5.74, 6) is 1.83. The van der Waals surface area contributed by atoms with Crippen LogP contribution in [0.3, 0.4) is 0 Å². The monoisotopic (exact) mass is 582 g/mol. The topological polar surface area (TPSA) is 84.9 Å². The number of benzene rings is 3. The molecule has 0 saturated heterocycles. The highest BCUT2D eigenvalue weighted by Gasteiger charge is 2.28. The van der Waals surface area contributed by atoms with Crippen molar-refractivity contribution in [1.29, 1.82) is 0 Å². The normalized spacial score (nSPS) is 11.1. The quantitative estimate of drug-likeness (QED) is 0.262. The summed E-state index contributed by atoms with van der Waals surface area (Å²) in [5.41, 5.74) is 1.38. The molecular weight excluding hydrogens is 555 g/mol. The summed E-state index contributed by atoms with van der Waals surface area (Å²) < 4.78 is 38.7. The first-order valence-corrected chi connectivity index (χ1v) is 14.7. The van der Waals surface area contributed by atoms with Crippen molar-refractivity contribution in [3.63, 3.8) is 0 Å². The molecule has 0 radical (unpaired) electrons. The number of amides is 1. The van der Waals surface area contributed by atoms with Crippen molar-refractivity contribution in [3.8, 4) is 11.5 Å². The highest BCUT2D eigenvalue weighted by molar-refractivity contribution is 7.98. The molecular formula is C26H28Cl2N2O5S2. The van der Waals surface area contributed by atoms with Gasteiger partial charge in [0.2, 0.25) is 5.91 Å². The van der Waals surface area contributed by atoms with Gasteiger partial charge in [-0.1, -0.05) is 41.4 Å². The second kappa shape index (κ2) is 13.8. The maximum atomic E-state index is 13.6. The number of nitrogens with one attached hydrogen (secondary N) is 1. The zero-order valence-electron chi connectivity index (χ0n) is 20.4. The summed E-state index contributed by atoms with van der Waals surface area (Å²) in [6.07, 6.45) is 0.726. The summed E-state index contributed by atoms with van der Waals surface area (Å²) in [6.45, 7) is 0.0182. The molecule has 37 heavy (non-hydrogen) atoms. The van der Waals surface area contributed by atoms with E-state index in [-0.39, 0.29) is 10.6 Å². The van der Waals surface area contributed by atoms with Crippen LogP contribution >= 0.6 is 35.0 Å². The van der Waals surface area contributed by atoms with Crippen molar-refractivity contribution in [3.05, 3.63) is 82.3 Å². The summed E-state index contributed by atoms with van der Waals surface area (Å²) >= 11 is 13.9. The molecule has 0 spiro atoms. The number of ether oxygens (including phenoxy) is 2. The van der Waals surface area contributed by atoms with E-state index in [2.05, 4.69) is 5.32 Å². The number of thioether (sulfide) groups is 1. The number of sulfonamides is 1. The van der Waals surface area contributed by atoms with Crippen molar-refractivity contribution < 1.29 is 22.7 Å². The second-order valence-electron chi connectivity index (χ2n) is 7.85. The Morgan fingerprint density at radius 2 is 1.68 bits per heavy atom. The van der Waals surface area contributed by atoms with E-state index in [0.717, 1.165) is 32.8 Å². The minimum atomic E-state index is -4.12. The molecule has 0 bridgehead atoms. The van der Waals surface area contributed by atoms with Gasteiger partial charge in [0.15, 0.2) is 11.5 Å². The molecule has 1 amide bonds. The van der Waals surface area contributed by atoms with Gasteiger partial charge in [-0.15, -0.1) is 0 Å². The predicted molar refractivity (Wildman–Crippen MR) is 151 cm³/mol. The van der Waals surface area contributed by atoms with E-state index in [1.165, 1.54) is 32.4 Å². The van der Waals surface area contributed by atoms with Gasteiger partial charge in [-0.2, -0.15) is 11.8 Å². The van der Waals surface area contributed by atoms with Gasteiger partial charge in [0.25, 0.3) is 10.0 Å². The van der Waals surface area contributed by atoms with E-state index in [9.17, 15) is 13.2 Å². The maximum absolute atomic E-state index is 13.6. The number of hydrogen-bond acceptors (Lipinski definition) is 6. The first kappa shape index (κ1) is 29.0. The van der Waals surface area contributed by atoms with Gasteiger partial charge in [0.1, 0.15) is 6.54 Å². The zero-order chi connectivity index (χ0) is 26.8. The van der Waals surface area contributed by atoms with Crippen molar-refractivity contribution >= 4 is 56.6 Å². The molecule has 0 aliphatic rings. The lowest BCUT2D eigenvalue weighted by molar-refractivity contribution is -0.119. The molecule has 3 aromatic rings. The van der Waals surface area contributed by atoms with Gasteiger partial charge in [-0.05, 0) is 60.2 Å². The average molecular weight is 584 g/mol. The number of halogens is 2. The van der Waals surface area contributed by atoms with Crippen LogP contribution < -0.4 is 19.1 Å². The lowest BCUT2D eigenvalue weighted by atomic mass is 10.2. The van der Waals surface area contributed by atoms with E-state index in [0.29, 0.717) is 23.0 Å². The maximum Gasteiger partial charge on any atom is 0.264 e. The molecule has 7 nitrogen and oxygen atoms in total. The number of carbonyl (C=O) groups excluding carboxylic acids is 1. The standard InChI is InChI=1S/C26H28Cl2N2O5S2/c1-34-24-13-12-22(16-25(24)35-2)37(32,33)30(21-10-8-20(27)9-11-21)17-26(31)29-14-5-15-36-18-19-6-3-4-7-23(19)28/h3-4,6-13,16H,5,14-15,17-18H2,1-2H3,(H,29,31). The van der Waals surface area contributed by atoms with Crippen molar-refractivity contribution in [1.82, 2.24) is 5.32 Å². The molecule has 3 rings (SSSR count). The van der Waals surface area contributed by atoms with Crippen molar-refractivity contribution in [2.24, 2.45) is 0 Å². The third kappa shape index (κ3) is 7.95. The molecule has 0 saturated carbocycles. The summed E-state index contributed by atoms with van der Waals surface area (Å²) in [4.78, 5) is 12.7. The number of carbonyl (C=O) groups is 1. The van der Waals surface area contributed by atoms with E-state index < -0.39 is 22.5 Å². The van der Waals surface area contributed by atoms with E-state index in [1.54, 1.807) is 36.0 Å². The Labute approximate surface area is 232 Å². The van der Waals surface area contributed by atoms with Crippen LogP contribution in [0.2, 0.25) is 10.0 Å². The van der Waals surface area contributed by atoms with Crippen LogP contribution in [-0.2, 0) is 20.6 Å². The van der Waals surface area contributed by atoms with E-state index in [1.807, 2.05) is 24.3 Å². The summed E-state index contributed by atoms with van der Waals surface area (Å²) in [6, 6.07) is 18.2. The Balaban J connectivity index is 1.66. The average Bonchev–Trinajstić information content (AvgIpc) is 2.90. The van der Waals surface area contributed by atoms with Crippen LogP contribution in [0.15, 0.2) is 71.6 Å². The van der Waals surface area contributed by atoms with Crippen LogP contribution in [0.1, 0.15) is 12.0 Å². The lowest BCUT2D eigenvalue weighted by Gasteiger charge is -2.24. The minimum absolute atomic E-state index is 0.0381. The molecule has 0 aliphatic carbocycles. The molecule has 1 N–H and O–H groups in total. The zero-order valence-corrected chi connectivity index (χ0v) is 23.6. The smallest absolute Gasteiger partial charge is 0.264 e. The Morgan fingerprint density at radius 3 is 2.35 bits per heavy atom. The van der Waals surface area contributed by atoms with Gasteiger partial charge < -0.3 is 14.8 Å². The first-order chi connectivity index (χ1) is 17.8. The van der Waals surface area contributed by atoms with E-state index >= 15 is 0 Å². The van der Waals surface area contributed by atoms with E-state index in [4.69, 9.17) is 32.7 Å². The summed E-state index contributed by atoms with van der Waals surface area (Å²) in [5, 5.41) is 4.00. The van der Waals surface area contributed by atoms with Gasteiger partial charge in [-0.25, -0.2) is 8.42 Å². The first-order valence-electron chi connectivity index (χ1n) is 11.3. The lowest BCUT2D eigenvalue weighted by Crippen LogP contribution is -2.41. The fourth-order valence-electron chi connectivity index (χ4n) is 3.41. The van der Waals surface area contributed by atoms with Crippen LogP contribution in [0.25, 0.3) is 0 Å². The molecule has 11 heteroatoms. The Hall–Kier alpha value is -2.59. The fourth-order valence-corrected chi connectivity index (χ4v) is 6.22. The Morgan fingerprint density at radius 1 is 0.973 bits per heavy atom. The molecule has 0 unspecified atom stereocenters. The van der Waals surface area contributed by atoms with Crippen LogP contribution in [0, 0.1) is 0 Å². The van der Waals surface area contributed by atoms with Crippen LogP contribution in [-0.4, -0.2) is 47.4 Å². The molecule has 0 aromatic heterocycles. The Kier molecular flexibility index (Phi) is 10.8. The highest BCUT2D eigenvalue weighted by Crippen LogP contribution is 2.32. The predicted octanol–water partition coefficient (Wildman–Crippen LogP) is 5.65. The molecule has 0 atom stereocenters. The number of rotatable bonds is 13. The number of hydrogen-bond donors (Lipinski definition) is 1. The molecule has 3 aromatic carbocycles. The highest BCUT2D eigenvalue weighted by atomic mass is 35.5. The number of nitrogens with zero attached hydrogens (tertiary/aromatic N) is 1. The molecule has 0 heterocycles. The fraction of sp³-hybridized carbons (Fsp3) is 0.269. The largest absolute Gasteiger partial charge is 0.493 e. The minimum Gasteiger partial charge on any atom is -0.493 e. The number of methoxy groups -OCH3 is 2.